The molecule has 1 aromatic rings. The van der Waals surface area contributed by atoms with E-state index >= 15 is 0 Å². The largest absolute Gasteiger partial charge is 0.507 e. The Balaban J connectivity index is 1.76. The number of carboxylic acids is 1. The second kappa shape index (κ2) is 10.5. The maximum atomic E-state index is 11.3. The summed E-state index contributed by atoms with van der Waals surface area (Å²) >= 11 is 1.33. The summed E-state index contributed by atoms with van der Waals surface area (Å²) in [6.45, 7) is 4.83. The molecule has 150 valence electrons. The molecule has 3 N–H and O–H groups in total. The van der Waals surface area contributed by atoms with Crippen LogP contribution < -0.4 is 5.32 Å². The normalized spacial score (nSPS) is 19.1. The van der Waals surface area contributed by atoms with Crippen LogP contribution in [0.1, 0.15) is 12.5 Å². The standard InChI is InChI=1S/C18H26N2O6S/c1-18(17(22)23)12-27-16(20-18)14-4-3-13(11-15(14)21)19-5-6-25-9-10-26-8-7-24-2/h3-4,11,19,21H,5-10,12H2,1-2H3,(H,22,23)/t18-/m1/s1. The SMILES string of the molecule is COCCOCCOCCNc1ccc(C2=N[C@@](C)(C(=O)O)CS2)c(O)c1. The minimum absolute atomic E-state index is 0.0633. The van der Waals surface area contributed by atoms with Gasteiger partial charge in [-0.3, -0.25) is 4.99 Å². The van der Waals surface area contributed by atoms with Gasteiger partial charge in [-0.15, -0.1) is 11.8 Å². The van der Waals surface area contributed by atoms with E-state index in [-0.39, 0.29) is 5.75 Å². The van der Waals surface area contributed by atoms with Crippen molar-refractivity contribution in [3.63, 3.8) is 0 Å². The van der Waals surface area contributed by atoms with Crippen LogP contribution in [0.5, 0.6) is 5.75 Å². The number of thioether (sulfide) groups is 1. The number of rotatable bonds is 12. The zero-order chi connectivity index (χ0) is 19.7. The van der Waals surface area contributed by atoms with Crippen LogP contribution in [0.3, 0.4) is 0 Å². The first-order chi connectivity index (χ1) is 13.0. The van der Waals surface area contributed by atoms with E-state index in [2.05, 4.69) is 10.3 Å². The summed E-state index contributed by atoms with van der Waals surface area (Å²) in [6, 6.07) is 5.16. The van der Waals surface area contributed by atoms with Gasteiger partial charge in [0.2, 0.25) is 0 Å². The number of hydrogen-bond donors (Lipinski definition) is 3. The van der Waals surface area contributed by atoms with Gasteiger partial charge in [0.25, 0.3) is 0 Å². The van der Waals surface area contributed by atoms with Crippen molar-refractivity contribution in [2.24, 2.45) is 4.99 Å². The van der Waals surface area contributed by atoms with Crippen LogP contribution in [0, 0.1) is 0 Å². The summed E-state index contributed by atoms with van der Waals surface area (Å²) in [5.41, 5.74) is 0.148. The molecule has 0 aromatic heterocycles. The Morgan fingerprint density at radius 2 is 1.96 bits per heavy atom. The Bertz CT molecular complexity index is 669. The summed E-state index contributed by atoms with van der Waals surface area (Å²) in [6.07, 6.45) is 0. The average molecular weight is 398 g/mol. The molecule has 0 amide bonds. The van der Waals surface area contributed by atoms with Crippen molar-refractivity contribution in [1.29, 1.82) is 0 Å². The first-order valence-electron chi connectivity index (χ1n) is 8.64. The lowest BCUT2D eigenvalue weighted by atomic mass is 10.1. The number of aliphatic carboxylic acids is 1. The van der Waals surface area contributed by atoms with Gasteiger partial charge in [-0.25, -0.2) is 4.79 Å². The first-order valence-corrected chi connectivity index (χ1v) is 9.62. The van der Waals surface area contributed by atoms with E-state index in [9.17, 15) is 15.0 Å². The Morgan fingerprint density at radius 3 is 2.59 bits per heavy atom. The average Bonchev–Trinajstić information content (AvgIpc) is 3.04. The molecule has 0 saturated carbocycles. The van der Waals surface area contributed by atoms with E-state index < -0.39 is 11.5 Å². The zero-order valence-corrected chi connectivity index (χ0v) is 16.4. The van der Waals surface area contributed by atoms with Crippen LogP contribution in [0.15, 0.2) is 23.2 Å². The fourth-order valence-electron chi connectivity index (χ4n) is 2.30. The highest BCUT2D eigenvalue weighted by atomic mass is 32.2. The number of anilines is 1. The highest BCUT2D eigenvalue weighted by molar-refractivity contribution is 8.14. The smallest absolute Gasteiger partial charge is 0.332 e. The number of nitrogens with one attached hydrogen (secondary N) is 1. The summed E-state index contributed by atoms with van der Waals surface area (Å²) < 4.78 is 15.6. The predicted molar refractivity (Wildman–Crippen MR) is 105 cm³/mol. The van der Waals surface area contributed by atoms with Crippen molar-refractivity contribution in [3.8, 4) is 5.75 Å². The number of aliphatic imine (C=N–C) groups is 1. The van der Waals surface area contributed by atoms with Gasteiger partial charge in [-0.2, -0.15) is 0 Å². The van der Waals surface area contributed by atoms with Crippen LogP contribution in [-0.4, -0.2) is 79.2 Å². The van der Waals surface area contributed by atoms with E-state index in [0.29, 0.717) is 55.9 Å². The molecule has 0 spiro atoms. The molecule has 2 rings (SSSR count). The van der Waals surface area contributed by atoms with Crippen molar-refractivity contribution in [1.82, 2.24) is 0 Å². The molecule has 1 heterocycles. The van der Waals surface area contributed by atoms with Gasteiger partial charge in [-0.05, 0) is 19.1 Å². The Hall–Kier alpha value is -1.81. The van der Waals surface area contributed by atoms with Gasteiger partial charge in [0.05, 0.1) is 33.0 Å². The molecule has 0 fully saturated rings. The van der Waals surface area contributed by atoms with Crippen molar-refractivity contribution >= 4 is 28.5 Å². The molecular formula is C18H26N2O6S. The van der Waals surface area contributed by atoms with Crippen LogP contribution in [-0.2, 0) is 19.0 Å². The predicted octanol–water partition coefficient (Wildman–Crippen LogP) is 1.82. The molecule has 1 aromatic carbocycles. The maximum absolute atomic E-state index is 11.3. The fraction of sp³-hybridized carbons (Fsp3) is 0.556. The summed E-state index contributed by atoms with van der Waals surface area (Å²) in [4.78, 5) is 15.5. The molecule has 0 unspecified atom stereocenters. The van der Waals surface area contributed by atoms with E-state index in [0.717, 1.165) is 5.69 Å². The van der Waals surface area contributed by atoms with Gasteiger partial charge in [0.15, 0.2) is 5.54 Å². The van der Waals surface area contributed by atoms with Crippen LogP contribution in [0.4, 0.5) is 5.69 Å². The minimum atomic E-state index is -1.14. The third-order valence-electron chi connectivity index (χ3n) is 3.91. The molecule has 1 aliphatic heterocycles. The molecule has 27 heavy (non-hydrogen) atoms. The van der Waals surface area contributed by atoms with E-state index in [4.69, 9.17) is 14.2 Å². The van der Waals surface area contributed by atoms with Crippen molar-refractivity contribution in [3.05, 3.63) is 23.8 Å². The maximum Gasteiger partial charge on any atom is 0.332 e. The number of carboxylic acid groups (broad SMARTS) is 1. The van der Waals surface area contributed by atoms with E-state index in [1.807, 2.05) is 6.07 Å². The topological polar surface area (TPSA) is 110 Å². The van der Waals surface area contributed by atoms with Gasteiger partial charge < -0.3 is 29.7 Å². The number of phenolic OH excluding ortho intramolecular Hbond substituents is 1. The first kappa shape index (κ1) is 21.5. The number of carbonyl (C=O) groups is 1. The monoisotopic (exact) mass is 398 g/mol. The third kappa shape index (κ3) is 6.39. The second-order valence-electron chi connectivity index (χ2n) is 6.16. The number of benzene rings is 1. The van der Waals surface area contributed by atoms with E-state index in [1.165, 1.54) is 11.8 Å². The highest BCUT2D eigenvalue weighted by Gasteiger charge is 2.38. The van der Waals surface area contributed by atoms with Gasteiger partial charge in [0, 0.05) is 36.7 Å². The molecule has 0 saturated heterocycles. The lowest BCUT2D eigenvalue weighted by Crippen LogP contribution is -2.33. The zero-order valence-electron chi connectivity index (χ0n) is 15.6. The fourth-order valence-corrected chi connectivity index (χ4v) is 3.50. The summed E-state index contributed by atoms with van der Waals surface area (Å²) in [7, 11) is 1.63. The Kier molecular flexibility index (Phi) is 8.36. The van der Waals surface area contributed by atoms with Crippen LogP contribution in [0.2, 0.25) is 0 Å². The lowest BCUT2D eigenvalue weighted by molar-refractivity contribution is -0.141. The van der Waals surface area contributed by atoms with Crippen LogP contribution >= 0.6 is 11.8 Å². The molecule has 1 aliphatic rings. The Morgan fingerprint density at radius 1 is 1.26 bits per heavy atom. The van der Waals surface area contributed by atoms with Crippen molar-refractivity contribution < 1.29 is 29.2 Å². The molecule has 0 bridgehead atoms. The van der Waals surface area contributed by atoms with Crippen LogP contribution in [0.25, 0.3) is 0 Å². The number of nitrogens with zero attached hydrogens (tertiary/aromatic N) is 1. The molecule has 0 aliphatic carbocycles. The molecule has 9 heteroatoms. The molecule has 1 atom stereocenters. The number of aromatic hydroxyl groups is 1. The van der Waals surface area contributed by atoms with Gasteiger partial charge in [0.1, 0.15) is 10.8 Å². The molecular weight excluding hydrogens is 372 g/mol. The second-order valence-corrected chi connectivity index (χ2v) is 7.12. The Labute approximate surface area is 162 Å². The lowest BCUT2D eigenvalue weighted by Gasteiger charge is -2.12. The van der Waals surface area contributed by atoms with Gasteiger partial charge >= 0.3 is 5.97 Å². The summed E-state index contributed by atoms with van der Waals surface area (Å²) in [5, 5.41) is 23.2. The number of methoxy groups -OCH3 is 1. The minimum Gasteiger partial charge on any atom is -0.507 e. The molecule has 0 radical (unpaired) electrons. The number of ether oxygens (including phenoxy) is 3. The van der Waals surface area contributed by atoms with Crippen molar-refractivity contribution in [2.75, 3.05) is 57.8 Å². The van der Waals surface area contributed by atoms with E-state index in [1.54, 1.807) is 26.2 Å². The molecule has 8 nitrogen and oxygen atoms in total. The number of hydrogen-bond acceptors (Lipinski definition) is 8. The quantitative estimate of drug-likeness (QED) is 0.458. The number of phenols is 1. The third-order valence-corrected chi connectivity index (χ3v) is 5.20. The van der Waals surface area contributed by atoms with Crippen molar-refractivity contribution in [2.45, 2.75) is 12.5 Å². The van der Waals surface area contributed by atoms with Gasteiger partial charge in [-0.1, -0.05) is 0 Å². The highest BCUT2D eigenvalue weighted by Crippen LogP contribution is 2.35. The summed E-state index contributed by atoms with van der Waals surface area (Å²) in [5.74, 6) is -0.552.